The van der Waals surface area contributed by atoms with Crippen molar-refractivity contribution < 1.29 is 18.8 Å². The van der Waals surface area contributed by atoms with E-state index in [1.165, 1.54) is 29.4 Å². The molecule has 0 spiro atoms. The zero-order valence-electron chi connectivity index (χ0n) is 19.0. The number of nitrogens with one attached hydrogen (secondary N) is 1. The number of piperazine rings is 1. The van der Waals surface area contributed by atoms with Gasteiger partial charge < -0.3 is 14.5 Å². The largest absolute Gasteiger partial charge is 0.494 e. The van der Waals surface area contributed by atoms with Crippen LogP contribution < -0.4 is 9.64 Å². The highest BCUT2D eigenvalue weighted by molar-refractivity contribution is 9.10. The maximum Gasteiger partial charge on any atom is 0.264 e. The predicted molar refractivity (Wildman–Crippen MR) is 135 cm³/mol. The molecule has 1 fully saturated rings. The van der Waals surface area contributed by atoms with Crippen molar-refractivity contribution in [3.05, 3.63) is 75.0 Å². The number of benzene rings is 2. The standard InChI is InChI=1S/C25H24BrFN4O2S/c1-16-20-14-23(34-25(20)31(28-16)19-6-4-18(26)5-7-19)24(32)30-11-9-29(10-12-30)15-17-3-8-22(33-2)21(27)13-17/h3-8,13-14H,9-12,15H2,1-2H3/p+1. The van der Waals surface area contributed by atoms with E-state index in [4.69, 9.17) is 4.74 Å². The Hall–Kier alpha value is -2.75. The predicted octanol–water partition coefficient (Wildman–Crippen LogP) is 3.85. The number of hydrogen-bond acceptors (Lipinski definition) is 4. The molecule has 34 heavy (non-hydrogen) atoms. The topological polar surface area (TPSA) is 51.8 Å². The quantitative estimate of drug-likeness (QED) is 0.416. The van der Waals surface area contributed by atoms with Crippen LogP contribution in [0.25, 0.3) is 15.9 Å². The Bertz CT molecular complexity index is 1340. The molecule has 3 heterocycles. The molecule has 2 aromatic carbocycles. The lowest BCUT2D eigenvalue weighted by atomic mass is 10.1. The van der Waals surface area contributed by atoms with E-state index in [-0.39, 0.29) is 17.5 Å². The number of nitrogens with zero attached hydrogens (tertiary/aromatic N) is 3. The SMILES string of the molecule is COc1ccc(C[NH+]2CCN(C(=O)c3cc4c(C)nn(-c5ccc(Br)cc5)c4s3)CC2)cc1F. The number of aryl methyl sites for hydroxylation is 1. The van der Waals surface area contributed by atoms with Crippen LogP contribution in [-0.4, -0.2) is 53.9 Å². The van der Waals surface area contributed by atoms with Crippen LogP contribution in [0.15, 0.2) is 53.0 Å². The minimum Gasteiger partial charge on any atom is -0.494 e. The highest BCUT2D eigenvalue weighted by Gasteiger charge is 2.27. The number of quaternary nitrogens is 1. The summed E-state index contributed by atoms with van der Waals surface area (Å²) < 4.78 is 21.9. The second-order valence-corrected chi connectivity index (χ2v) is 10.4. The number of thiophene rings is 1. The molecule has 5 rings (SSSR count). The lowest BCUT2D eigenvalue weighted by Crippen LogP contribution is -3.13. The number of methoxy groups -OCH3 is 1. The molecule has 1 aliphatic rings. The van der Waals surface area contributed by atoms with Crippen LogP contribution in [0.1, 0.15) is 20.9 Å². The molecule has 0 unspecified atom stereocenters. The first-order valence-electron chi connectivity index (χ1n) is 11.1. The van der Waals surface area contributed by atoms with Gasteiger partial charge in [-0.25, -0.2) is 9.07 Å². The van der Waals surface area contributed by atoms with Crippen LogP contribution in [-0.2, 0) is 6.54 Å². The van der Waals surface area contributed by atoms with E-state index in [2.05, 4.69) is 21.0 Å². The highest BCUT2D eigenvalue weighted by Crippen LogP contribution is 2.31. The van der Waals surface area contributed by atoms with Gasteiger partial charge in [0, 0.05) is 15.4 Å². The minimum absolute atomic E-state index is 0.0671. The first kappa shape index (κ1) is 23.0. The van der Waals surface area contributed by atoms with E-state index < -0.39 is 0 Å². The van der Waals surface area contributed by atoms with Gasteiger partial charge in [0.15, 0.2) is 11.6 Å². The summed E-state index contributed by atoms with van der Waals surface area (Å²) in [5, 5.41) is 5.69. The Morgan fingerprint density at radius 2 is 1.91 bits per heavy atom. The molecule has 6 nitrogen and oxygen atoms in total. The molecule has 1 N–H and O–H groups in total. The summed E-state index contributed by atoms with van der Waals surface area (Å²) in [6.45, 7) is 5.72. The van der Waals surface area contributed by atoms with E-state index in [9.17, 15) is 9.18 Å². The number of rotatable bonds is 5. The number of fused-ring (bicyclic) bond motifs is 1. The van der Waals surface area contributed by atoms with Crippen LogP contribution in [0, 0.1) is 12.7 Å². The van der Waals surface area contributed by atoms with Gasteiger partial charge in [0.1, 0.15) is 11.4 Å². The number of aromatic nitrogens is 2. The zero-order valence-corrected chi connectivity index (χ0v) is 21.4. The van der Waals surface area contributed by atoms with Crippen molar-refractivity contribution in [2.45, 2.75) is 13.5 Å². The van der Waals surface area contributed by atoms with E-state index in [0.717, 1.165) is 56.1 Å². The van der Waals surface area contributed by atoms with Gasteiger partial charge in [-0.15, -0.1) is 11.3 Å². The summed E-state index contributed by atoms with van der Waals surface area (Å²) in [6, 6.07) is 15.1. The number of hydrogen-bond donors (Lipinski definition) is 1. The molecular formula is C25H25BrFN4O2S+. The summed E-state index contributed by atoms with van der Waals surface area (Å²) in [5.74, 6) is -0.0107. The fourth-order valence-corrected chi connectivity index (χ4v) is 5.79. The monoisotopic (exact) mass is 543 g/mol. The third kappa shape index (κ3) is 4.47. The van der Waals surface area contributed by atoms with Gasteiger partial charge in [-0.3, -0.25) is 4.79 Å². The van der Waals surface area contributed by atoms with Crippen LogP contribution >= 0.6 is 27.3 Å². The molecule has 1 saturated heterocycles. The molecule has 9 heteroatoms. The highest BCUT2D eigenvalue weighted by atomic mass is 79.9. The van der Waals surface area contributed by atoms with E-state index >= 15 is 0 Å². The third-order valence-electron chi connectivity index (χ3n) is 6.25. The lowest BCUT2D eigenvalue weighted by Gasteiger charge is -2.32. The molecule has 4 aromatic rings. The summed E-state index contributed by atoms with van der Waals surface area (Å²) in [4.78, 5) is 18.3. The van der Waals surface area contributed by atoms with E-state index in [1.54, 1.807) is 6.07 Å². The number of ether oxygens (including phenoxy) is 1. The molecule has 1 aliphatic heterocycles. The number of carbonyl (C=O) groups excluding carboxylic acids is 1. The van der Waals surface area contributed by atoms with Gasteiger partial charge in [-0.2, -0.15) is 5.10 Å². The second kappa shape index (κ2) is 9.48. The summed E-state index contributed by atoms with van der Waals surface area (Å²) in [7, 11) is 1.47. The third-order valence-corrected chi connectivity index (χ3v) is 7.88. The fourth-order valence-electron chi connectivity index (χ4n) is 4.38. The van der Waals surface area contributed by atoms with Gasteiger partial charge >= 0.3 is 0 Å². The Morgan fingerprint density at radius 1 is 1.18 bits per heavy atom. The summed E-state index contributed by atoms with van der Waals surface area (Å²) in [6.07, 6.45) is 0. The molecule has 1 amide bonds. The van der Waals surface area contributed by atoms with Crippen molar-refractivity contribution in [1.29, 1.82) is 0 Å². The molecule has 0 atom stereocenters. The fraction of sp³-hybridized carbons (Fsp3) is 0.280. The summed E-state index contributed by atoms with van der Waals surface area (Å²) in [5.41, 5.74) is 2.81. The van der Waals surface area contributed by atoms with E-state index in [1.807, 2.05) is 52.9 Å². The van der Waals surface area contributed by atoms with E-state index in [0.29, 0.717) is 13.1 Å². The maximum absolute atomic E-state index is 14.0. The van der Waals surface area contributed by atoms with Crippen molar-refractivity contribution in [2.24, 2.45) is 0 Å². The second-order valence-electron chi connectivity index (χ2n) is 8.49. The van der Waals surface area contributed by atoms with Gasteiger partial charge in [-0.1, -0.05) is 15.9 Å². The first-order chi connectivity index (χ1) is 16.4. The molecule has 0 bridgehead atoms. The average molecular weight is 544 g/mol. The minimum atomic E-state index is -0.338. The molecule has 0 radical (unpaired) electrons. The average Bonchev–Trinajstić information content (AvgIpc) is 3.40. The van der Waals surface area contributed by atoms with Crippen molar-refractivity contribution in [3.8, 4) is 11.4 Å². The molecular weight excluding hydrogens is 519 g/mol. The number of amides is 1. The van der Waals surface area contributed by atoms with Crippen LogP contribution in [0.5, 0.6) is 5.75 Å². The van der Waals surface area contributed by atoms with Crippen molar-refractivity contribution in [3.63, 3.8) is 0 Å². The van der Waals surface area contributed by atoms with Crippen LogP contribution in [0.3, 0.4) is 0 Å². The number of halogens is 2. The van der Waals surface area contributed by atoms with Crippen molar-refractivity contribution in [2.75, 3.05) is 33.3 Å². The Morgan fingerprint density at radius 3 is 2.59 bits per heavy atom. The van der Waals surface area contributed by atoms with Crippen molar-refractivity contribution in [1.82, 2.24) is 14.7 Å². The first-order valence-corrected chi connectivity index (χ1v) is 12.7. The Labute approximate surface area is 209 Å². The Balaban J connectivity index is 1.27. The Kier molecular flexibility index (Phi) is 6.42. The summed E-state index contributed by atoms with van der Waals surface area (Å²) >= 11 is 4.96. The van der Waals surface area contributed by atoms with Gasteiger partial charge in [0.2, 0.25) is 0 Å². The van der Waals surface area contributed by atoms with Gasteiger partial charge in [0.05, 0.1) is 49.5 Å². The molecule has 176 valence electrons. The molecule has 0 aliphatic carbocycles. The number of carbonyl (C=O) groups is 1. The lowest BCUT2D eigenvalue weighted by molar-refractivity contribution is -0.917. The molecule has 0 saturated carbocycles. The van der Waals surface area contributed by atoms with Crippen molar-refractivity contribution >= 4 is 43.4 Å². The molecule has 2 aromatic heterocycles. The smallest absolute Gasteiger partial charge is 0.264 e. The van der Waals surface area contributed by atoms with Gasteiger partial charge in [-0.05, 0) is 55.5 Å². The van der Waals surface area contributed by atoms with Crippen LogP contribution in [0.2, 0.25) is 0 Å². The maximum atomic E-state index is 14.0. The van der Waals surface area contributed by atoms with Gasteiger partial charge in [0.25, 0.3) is 5.91 Å². The normalized spacial score (nSPS) is 14.6. The zero-order chi connectivity index (χ0) is 23.8. The van der Waals surface area contributed by atoms with Crippen LogP contribution in [0.4, 0.5) is 4.39 Å².